The fourth-order valence-electron chi connectivity index (χ4n) is 1.51. The lowest BCUT2D eigenvalue weighted by atomic mass is 10.2. The summed E-state index contributed by atoms with van der Waals surface area (Å²) in [6.07, 6.45) is 3.18. The summed E-state index contributed by atoms with van der Waals surface area (Å²) in [5.41, 5.74) is 0. The van der Waals surface area contributed by atoms with Crippen LogP contribution in [0.5, 0.6) is 0 Å². The van der Waals surface area contributed by atoms with E-state index in [4.69, 9.17) is 4.42 Å². The molecule has 0 saturated carbocycles. The summed E-state index contributed by atoms with van der Waals surface area (Å²) < 4.78 is 18.4. The quantitative estimate of drug-likeness (QED) is 0.872. The van der Waals surface area contributed by atoms with Crippen LogP contribution >= 0.6 is 11.3 Å². The monoisotopic (exact) mass is 341 g/mol. The van der Waals surface area contributed by atoms with Crippen molar-refractivity contribution in [3.63, 3.8) is 0 Å². The van der Waals surface area contributed by atoms with Crippen LogP contribution in [0.15, 0.2) is 21.0 Å². The summed E-state index contributed by atoms with van der Waals surface area (Å²) in [6, 6.07) is 0. The molecule has 2 rings (SSSR count). The highest BCUT2D eigenvalue weighted by atomic mass is 32.2. The topological polar surface area (TPSA) is 85.1 Å². The van der Waals surface area contributed by atoms with E-state index in [1.807, 2.05) is 13.8 Å². The fourth-order valence-corrected chi connectivity index (χ4v) is 3.52. The summed E-state index contributed by atoms with van der Waals surface area (Å²) in [7, 11) is -1.29. The van der Waals surface area contributed by atoms with Gasteiger partial charge in [-0.2, -0.15) is 0 Å². The van der Waals surface area contributed by atoms with Gasteiger partial charge in [0.25, 0.3) is 0 Å². The fraction of sp³-hybridized carbons (Fsp3) is 0.500. The Morgan fingerprint density at radius 3 is 2.64 bits per heavy atom. The first-order valence-corrected chi connectivity index (χ1v) is 9.10. The molecule has 1 atom stereocenters. The first-order valence-electron chi connectivity index (χ1n) is 6.96. The van der Waals surface area contributed by atoms with Gasteiger partial charge in [-0.1, -0.05) is 39.0 Å². The Labute approximate surface area is 135 Å². The molecule has 0 bridgehead atoms. The van der Waals surface area contributed by atoms with Crippen molar-refractivity contribution in [1.82, 2.24) is 9.97 Å². The van der Waals surface area contributed by atoms with Crippen LogP contribution in [0.3, 0.4) is 0 Å². The first-order chi connectivity index (χ1) is 10.4. The molecule has 2 heterocycles. The van der Waals surface area contributed by atoms with E-state index in [2.05, 4.69) is 15.3 Å². The first kappa shape index (κ1) is 16.8. The number of nitrogens with one attached hydrogen (secondary N) is 1. The molecule has 0 aliphatic heterocycles. The normalized spacial score (nSPS) is 12.8. The lowest BCUT2D eigenvalue weighted by molar-refractivity contribution is -0.118. The van der Waals surface area contributed by atoms with Gasteiger partial charge in [-0.15, -0.1) is 0 Å². The molecule has 120 valence electrons. The molecule has 2 aromatic heterocycles. The zero-order valence-corrected chi connectivity index (χ0v) is 14.6. The molecule has 0 radical (unpaired) electrons. The molecule has 2 aromatic rings. The number of hydrogen-bond acceptors (Lipinski definition) is 6. The van der Waals surface area contributed by atoms with Crippen molar-refractivity contribution in [3.05, 3.63) is 24.0 Å². The number of oxazole rings is 1. The summed E-state index contributed by atoms with van der Waals surface area (Å²) >= 11 is 1.21. The van der Waals surface area contributed by atoms with Gasteiger partial charge in [0.15, 0.2) is 5.13 Å². The number of carbonyl (C=O) groups excluding carboxylic acids is 1. The van der Waals surface area contributed by atoms with Gasteiger partial charge in [-0.3, -0.25) is 9.00 Å². The molecule has 1 unspecified atom stereocenters. The van der Waals surface area contributed by atoms with Gasteiger partial charge in [-0.25, -0.2) is 9.97 Å². The zero-order valence-electron chi connectivity index (χ0n) is 13.0. The number of amides is 1. The number of rotatable bonds is 6. The van der Waals surface area contributed by atoms with E-state index in [1.54, 1.807) is 20.0 Å². The van der Waals surface area contributed by atoms with Crippen LogP contribution in [0.25, 0.3) is 0 Å². The summed E-state index contributed by atoms with van der Waals surface area (Å²) in [4.78, 5) is 19.8. The van der Waals surface area contributed by atoms with E-state index in [0.29, 0.717) is 15.2 Å². The van der Waals surface area contributed by atoms with Crippen molar-refractivity contribution >= 4 is 33.2 Å². The Balaban J connectivity index is 2.00. The second-order valence-electron chi connectivity index (χ2n) is 5.43. The van der Waals surface area contributed by atoms with Crippen molar-refractivity contribution in [3.8, 4) is 0 Å². The second kappa shape index (κ2) is 7.15. The molecule has 0 aliphatic rings. The van der Waals surface area contributed by atoms with Crippen LogP contribution in [0.1, 0.15) is 45.3 Å². The lowest BCUT2D eigenvalue weighted by Crippen LogP contribution is -2.17. The van der Waals surface area contributed by atoms with Crippen molar-refractivity contribution in [2.24, 2.45) is 5.92 Å². The molecular formula is C14H19N3O3S2. The third kappa shape index (κ3) is 4.23. The third-order valence-corrected chi connectivity index (χ3v) is 5.44. The van der Waals surface area contributed by atoms with Gasteiger partial charge in [0, 0.05) is 11.8 Å². The van der Waals surface area contributed by atoms with Crippen molar-refractivity contribution < 1.29 is 13.4 Å². The summed E-state index contributed by atoms with van der Waals surface area (Å²) in [6.45, 7) is 7.62. The maximum absolute atomic E-state index is 12.3. The van der Waals surface area contributed by atoms with Gasteiger partial charge >= 0.3 is 0 Å². The van der Waals surface area contributed by atoms with E-state index in [9.17, 15) is 9.00 Å². The third-order valence-electron chi connectivity index (χ3n) is 2.86. The molecule has 0 spiro atoms. The number of hydrogen-bond donors (Lipinski definition) is 1. The van der Waals surface area contributed by atoms with E-state index < -0.39 is 10.8 Å². The predicted octanol–water partition coefficient (Wildman–Crippen LogP) is 3.16. The molecule has 1 N–H and O–H groups in total. The maximum atomic E-state index is 12.3. The highest BCUT2D eigenvalue weighted by Gasteiger charge is 2.16. The van der Waals surface area contributed by atoms with Gasteiger partial charge in [0.1, 0.15) is 15.7 Å². The second-order valence-corrected chi connectivity index (χ2v) is 8.14. The van der Waals surface area contributed by atoms with Gasteiger partial charge in [0.2, 0.25) is 11.8 Å². The predicted molar refractivity (Wildman–Crippen MR) is 86.3 cm³/mol. The Morgan fingerprint density at radius 1 is 1.32 bits per heavy atom. The molecule has 0 saturated heterocycles. The van der Waals surface area contributed by atoms with E-state index >= 15 is 0 Å². The van der Waals surface area contributed by atoms with Gasteiger partial charge in [0.05, 0.1) is 23.2 Å². The SMILES string of the molecule is CC(C)C(=O)Nc1ncc(S(=O)Cc2ncc(C(C)C)o2)s1. The molecular weight excluding hydrogens is 322 g/mol. The molecule has 0 aliphatic carbocycles. The summed E-state index contributed by atoms with van der Waals surface area (Å²) in [5, 5.41) is 3.15. The van der Waals surface area contributed by atoms with Crippen molar-refractivity contribution in [2.45, 2.75) is 43.6 Å². The smallest absolute Gasteiger partial charge is 0.228 e. The van der Waals surface area contributed by atoms with Gasteiger partial charge < -0.3 is 9.73 Å². The van der Waals surface area contributed by atoms with E-state index in [-0.39, 0.29) is 23.5 Å². The zero-order chi connectivity index (χ0) is 16.3. The largest absolute Gasteiger partial charge is 0.444 e. The van der Waals surface area contributed by atoms with Crippen LogP contribution in [-0.4, -0.2) is 20.1 Å². The number of thiazole rings is 1. The average Bonchev–Trinajstić information content (AvgIpc) is 3.07. The Kier molecular flexibility index (Phi) is 5.47. The van der Waals surface area contributed by atoms with Crippen LogP contribution < -0.4 is 5.32 Å². The highest BCUT2D eigenvalue weighted by Crippen LogP contribution is 2.24. The standard InChI is InChI=1S/C14H19N3O3S2/c1-8(2)10-5-15-11(20-10)7-22(19)12-6-16-14(21-12)17-13(18)9(3)4/h5-6,8-9H,7H2,1-4H3,(H,16,17,18). The van der Waals surface area contributed by atoms with Crippen molar-refractivity contribution in [2.75, 3.05) is 5.32 Å². The Bertz CT molecular complexity index is 676. The molecule has 8 heteroatoms. The minimum atomic E-state index is -1.29. The van der Waals surface area contributed by atoms with Crippen LogP contribution in [0.2, 0.25) is 0 Å². The lowest BCUT2D eigenvalue weighted by Gasteiger charge is -2.02. The minimum Gasteiger partial charge on any atom is -0.444 e. The number of nitrogens with zero attached hydrogens (tertiary/aromatic N) is 2. The van der Waals surface area contributed by atoms with Crippen LogP contribution in [-0.2, 0) is 21.3 Å². The number of aromatic nitrogens is 2. The minimum absolute atomic E-state index is 0.110. The van der Waals surface area contributed by atoms with E-state index in [0.717, 1.165) is 5.76 Å². The molecule has 6 nitrogen and oxygen atoms in total. The van der Waals surface area contributed by atoms with Crippen LogP contribution in [0.4, 0.5) is 5.13 Å². The van der Waals surface area contributed by atoms with Gasteiger partial charge in [-0.05, 0) is 0 Å². The highest BCUT2D eigenvalue weighted by molar-refractivity contribution is 7.86. The van der Waals surface area contributed by atoms with Crippen LogP contribution in [0, 0.1) is 5.92 Å². The van der Waals surface area contributed by atoms with Crippen molar-refractivity contribution in [1.29, 1.82) is 0 Å². The average molecular weight is 341 g/mol. The number of anilines is 1. The Hall–Kier alpha value is -1.54. The molecule has 22 heavy (non-hydrogen) atoms. The van der Waals surface area contributed by atoms with E-state index in [1.165, 1.54) is 17.5 Å². The summed E-state index contributed by atoms with van der Waals surface area (Å²) in [5.74, 6) is 1.44. The maximum Gasteiger partial charge on any atom is 0.228 e. The molecule has 0 fully saturated rings. The number of carbonyl (C=O) groups is 1. The molecule has 0 aromatic carbocycles. The Morgan fingerprint density at radius 2 is 2.05 bits per heavy atom. The molecule has 1 amide bonds.